The average Bonchev–Trinajstić information content (AvgIpc) is 3.38. The predicted molar refractivity (Wildman–Crippen MR) is 126 cm³/mol. The molecule has 0 aliphatic carbocycles. The molecule has 150 valence electrons. The van der Waals surface area contributed by atoms with Crippen molar-refractivity contribution < 1.29 is 13.4 Å². The number of pyridine rings is 1. The van der Waals surface area contributed by atoms with Gasteiger partial charge in [0, 0.05) is 27.6 Å². The number of rotatable bonds is 2. The molecule has 31 heavy (non-hydrogen) atoms. The van der Waals surface area contributed by atoms with Gasteiger partial charge in [0.1, 0.15) is 24.0 Å². The summed E-state index contributed by atoms with van der Waals surface area (Å²) in [5.74, 6) is -0.272. The molecule has 0 amide bonds. The highest BCUT2D eigenvalue weighted by Crippen LogP contribution is 2.42. The van der Waals surface area contributed by atoms with Gasteiger partial charge in [0.15, 0.2) is 6.20 Å². The van der Waals surface area contributed by atoms with Gasteiger partial charge in [-0.1, -0.05) is 24.3 Å². The van der Waals surface area contributed by atoms with E-state index in [0.717, 1.165) is 43.4 Å². The molecule has 6 rings (SSSR count). The first-order chi connectivity index (χ1) is 15.1. The SMILES string of the molecule is Cc1ccc2c(oc3c(-c4ccc5ccsc5c4)c(F)ccc32)c1-c1cccc[n+]1C. The highest BCUT2D eigenvalue weighted by molar-refractivity contribution is 7.17. The third-order valence-electron chi connectivity index (χ3n) is 6.02. The number of halogens is 1. The van der Waals surface area contributed by atoms with E-state index in [9.17, 15) is 0 Å². The molecule has 0 fully saturated rings. The van der Waals surface area contributed by atoms with Crippen molar-refractivity contribution in [1.82, 2.24) is 0 Å². The third-order valence-corrected chi connectivity index (χ3v) is 6.90. The van der Waals surface area contributed by atoms with Crippen LogP contribution in [0.1, 0.15) is 5.56 Å². The Hall–Kier alpha value is -3.50. The molecule has 0 radical (unpaired) electrons. The quantitative estimate of drug-likeness (QED) is 0.265. The number of thiophene rings is 1. The third kappa shape index (κ3) is 2.72. The smallest absolute Gasteiger partial charge is 0.216 e. The van der Waals surface area contributed by atoms with Gasteiger partial charge in [0.05, 0.1) is 11.1 Å². The van der Waals surface area contributed by atoms with Gasteiger partial charge in [0.25, 0.3) is 0 Å². The minimum absolute atomic E-state index is 0.272. The van der Waals surface area contributed by atoms with Crippen molar-refractivity contribution in [3.8, 4) is 22.4 Å². The number of aromatic nitrogens is 1. The van der Waals surface area contributed by atoms with Crippen molar-refractivity contribution in [3.63, 3.8) is 0 Å². The van der Waals surface area contributed by atoms with Crippen LogP contribution in [0.3, 0.4) is 0 Å². The predicted octanol–water partition coefficient (Wildman–Crippen LogP) is 7.41. The van der Waals surface area contributed by atoms with E-state index in [-0.39, 0.29) is 5.82 Å². The van der Waals surface area contributed by atoms with E-state index in [1.54, 1.807) is 17.4 Å². The number of hydrogen-bond donors (Lipinski definition) is 0. The zero-order valence-corrected chi connectivity index (χ0v) is 18.0. The standard InChI is InChI=1S/C27H19FNOS/c1-16-6-9-19-20-10-11-21(28)25(18-8-7-17-12-14-31-23(17)15-18)27(20)30-26(19)24(16)22-5-3-4-13-29(22)2/h3-15H,1-2H3/q+1. The number of aryl methyl sites for hydroxylation is 2. The van der Waals surface area contributed by atoms with Crippen molar-refractivity contribution >= 4 is 43.4 Å². The molecule has 0 unspecified atom stereocenters. The van der Waals surface area contributed by atoms with Crippen LogP contribution in [0.15, 0.2) is 82.7 Å². The molecule has 0 saturated carbocycles. The van der Waals surface area contributed by atoms with Gasteiger partial charge < -0.3 is 4.42 Å². The molecule has 0 atom stereocenters. The summed E-state index contributed by atoms with van der Waals surface area (Å²) in [6, 6.07) is 21.8. The molecule has 0 N–H and O–H groups in total. The van der Waals surface area contributed by atoms with E-state index in [1.165, 1.54) is 5.39 Å². The maximum Gasteiger partial charge on any atom is 0.216 e. The zero-order chi connectivity index (χ0) is 21.1. The number of furan rings is 1. The summed E-state index contributed by atoms with van der Waals surface area (Å²) >= 11 is 1.66. The van der Waals surface area contributed by atoms with Gasteiger partial charge in [-0.2, -0.15) is 0 Å². The second kappa shape index (κ2) is 6.76. The van der Waals surface area contributed by atoms with Gasteiger partial charge in [0.2, 0.25) is 5.69 Å². The number of fused-ring (bicyclic) bond motifs is 4. The summed E-state index contributed by atoms with van der Waals surface area (Å²) in [5, 5.41) is 5.15. The van der Waals surface area contributed by atoms with Crippen LogP contribution in [-0.2, 0) is 7.05 Å². The lowest BCUT2D eigenvalue weighted by Gasteiger charge is -2.05. The maximum absolute atomic E-state index is 15.2. The fraction of sp³-hybridized carbons (Fsp3) is 0.0741. The lowest BCUT2D eigenvalue weighted by Crippen LogP contribution is -2.30. The Labute approximate surface area is 182 Å². The molecule has 2 nitrogen and oxygen atoms in total. The van der Waals surface area contributed by atoms with Gasteiger partial charge in [-0.25, -0.2) is 8.96 Å². The van der Waals surface area contributed by atoms with Crippen LogP contribution in [0.4, 0.5) is 4.39 Å². The molecule has 0 bridgehead atoms. The van der Waals surface area contributed by atoms with E-state index in [0.29, 0.717) is 11.1 Å². The van der Waals surface area contributed by atoms with E-state index in [1.807, 2.05) is 49.6 Å². The largest absolute Gasteiger partial charge is 0.454 e. The Bertz CT molecular complexity index is 1630. The van der Waals surface area contributed by atoms with Crippen LogP contribution in [0.25, 0.3) is 54.4 Å². The lowest BCUT2D eigenvalue weighted by atomic mass is 9.98. The average molecular weight is 425 g/mol. The van der Waals surface area contributed by atoms with Gasteiger partial charge in [-0.3, -0.25) is 0 Å². The van der Waals surface area contributed by atoms with Crippen molar-refractivity contribution in [2.24, 2.45) is 7.05 Å². The Morgan fingerprint density at radius 3 is 2.52 bits per heavy atom. The van der Waals surface area contributed by atoms with E-state index < -0.39 is 0 Å². The number of nitrogens with zero attached hydrogens (tertiary/aromatic N) is 1. The number of benzene rings is 3. The van der Waals surface area contributed by atoms with Crippen molar-refractivity contribution in [1.29, 1.82) is 0 Å². The molecular formula is C27H19FNOS+. The Balaban J connectivity index is 1.71. The highest BCUT2D eigenvalue weighted by atomic mass is 32.1. The summed E-state index contributed by atoms with van der Waals surface area (Å²) in [6.07, 6.45) is 2.03. The van der Waals surface area contributed by atoms with Crippen LogP contribution in [0, 0.1) is 12.7 Å². The summed E-state index contributed by atoms with van der Waals surface area (Å²) in [6.45, 7) is 2.08. The molecule has 6 aromatic rings. The second-order valence-corrected chi connectivity index (χ2v) is 8.85. The van der Waals surface area contributed by atoms with Crippen LogP contribution in [0.5, 0.6) is 0 Å². The summed E-state index contributed by atoms with van der Waals surface area (Å²) in [4.78, 5) is 0. The molecule has 0 aliphatic heterocycles. The number of hydrogen-bond acceptors (Lipinski definition) is 2. The Morgan fingerprint density at radius 2 is 1.68 bits per heavy atom. The molecule has 3 heterocycles. The van der Waals surface area contributed by atoms with E-state index in [2.05, 4.69) is 41.1 Å². The van der Waals surface area contributed by atoms with Crippen LogP contribution < -0.4 is 4.57 Å². The molecule has 3 aromatic carbocycles. The first kappa shape index (κ1) is 18.3. The highest BCUT2D eigenvalue weighted by Gasteiger charge is 2.23. The summed E-state index contributed by atoms with van der Waals surface area (Å²) in [5.41, 5.74) is 5.96. The lowest BCUT2D eigenvalue weighted by molar-refractivity contribution is -0.660. The Kier molecular flexibility index (Phi) is 3.99. The monoisotopic (exact) mass is 424 g/mol. The van der Waals surface area contributed by atoms with Crippen LogP contribution >= 0.6 is 11.3 Å². The molecule has 3 aromatic heterocycles. The minimum Gasteiger partial charge on any atom is -0.454 e. The summed E-state index contributed by atoms with van der Waals surface area (Å²) in [7, 11) is 2.03. The maximum atomic E-state index is 15.2. The van der Waals surface area contributed by atoms with Gasteiger partial charge in [-0.15, -0.1) is 11.3 Å². The first-order valence-electron chi connectivity index (χ1n) is 10.2. The van der Waals surface area contributed by atoms with E-state index >= 15 is 4.39 Å². The van der Waals surface area contributed by atoms with Crippen LogP contribution in [0.2, 0.25) is 0 Å². The zero-order valence-electron chi connectivity index (χ0n) is 17.1. The van der Waals surface area contributed by atoms with E-state index in [4.69, 9.17) is 4.42 Å². The fourth-order valence-electron chi connectivity index (χ4n) is 4.46. The molecular weight excluding hydrogens is 405 g/mol. The normalized spacial score (nSPS) is 11.7. The van der Waals surface area contributed by atoms with Crippen molar-refractivity contribution in [2.45, 2.75) is 6.92 Å². The topological polar surface area (TPSA) is 17.0 Å². The minimum atomic E-state index is -0.272. The van der Waals surface area contributed by atoms with Crippen LogP contribution in [-0.4, -0.2) is 0 Å². The molecule has 0 spiro atoms. The van der Waals surface area contributed by atoms with Gasteiger partial charge in [-0.05, 0) is 59.1 Å². The first-order valence-corrected chi connectivity index (χ1v) is 11.1. The van der Waals surface area contributed by atoms with Crippen molar-refractivity contribution in [2.75, 3.05) is 0 Å². The molecule has 4 heteroatoms. The van der Waals surface area contributed by atoms with Gasteiger partial charge >= 0.3 is 0 Å². The summed E-state index contributed by atoms with van der Waals surface area (Å²) < 4.78 is 24.9. The molecule has 0 saturated heterocycles. The fourth-order valence-corrected chi connectivity index (χ4v) is 5.29. The second-order valence-electron chi connectivity index (χ2n) is 7.91. The van der Waals surface area contributed by atoms with Crippen molar-refractivity contribution in [3.05, 3.63) is 89.7 Å². The molecule has 0 aliphatic rings. The Morgan fingerprint density at radius 1 is 0.871 bits per heavy atom.